The summed E-state index contributed by atoms with van der Waals surface area (Å²) in [6.45, 7) is 8.84. The number of aromatic hydroxyl groups is 1. The van der Waals surface area contributed by atoms with E-state index in [1.54, 1.807) is 19.2 Å². The average Bonchev–Trinajstić information content (AvgIpc) is 2.49. The van der Waals surface area contributed by atoms with Gasteiger partial charge in [-0.2, -0.15) is 0 Å². The number of likely N-dealkylation sites (tertiary alicyclic amines) is 1. The van der Waals surface area contributed by atoms with Crippen LogP contribution in [0.25, 0.3) is 0 Å². The molecular formula is C17H28N2O2. The van der Waals surface area contributed by atoms with Gasteiger partial charge in [-0.25, -0.2) is 0 Å². The molecular weight excluding hydrogens is 264 g/mol. The highest BCUT2D eigenvalue weighted by Gasteiger charge is 2.16. The average molecular weight is 292 g/mol. The Morgan fingerprint density at radius 3 is 2.76 bits per heavy atom. The first-order valence-corrected chi connectivity index (χ1v) is 7.92. The van der Waals surface area contributed by atoms with Crippen molar-refractivity contribution in [1.29, 1.82) is 0 Å². The molecule has 1 aliphatic rings. The first kappa shape index (κ1) is 16.1. The number of phenolic OH excluding ortho intramolecular Hbond substituents is 1. The van der Waals surface area contributed by atoms with Crippen LogP contribution in [0.1, 0.15) is 38.3 Å². The van der Waals surface area contributed by atoms with Gasteiger partial charge in [0.05, 0.1) is 7.11 Å². The van der Waals surface area contributed by atoms with E-state index in [0.717, 1.165) is 30.3 Å². The first-order chi connectivity index (χ1) is 10.1. The van der Waals surface area contributed by atoms with Gasteiger partial charge >= 0.3 is 0 Å². The SMILES string of the molecule is COc1ccc(O)c(C(C)NCCN2CCC(C)CC2)c1. The van der Waals surface area contributed by atoms with E-state index in [4.69, 9.17) is 4.74 Å². The Labute approximate surface area is 128 Å². The summed E-state index contributed by atoms with van der Waals surface area (Å²) >= 11 is 0. The molecule has 0 bridgehead atoms. The largest absolute Gasteiger partial charge is 0.508 e. The molecule has 4 heteroatoms. The number of benzene rings is 1. The molecule has 2 rings (SSSR count). The Hall–Kier alpha value is -1.26. The van der Waals surface area contributed by atoms with Crippen molar-refractivity contribution in [3.63, 3.8) is 0 Å². The summed E-state index contributed by atoms with van der Waals surface area (Å²) in [6.07, 6.45) is 2.62. The summed E-state index contributed by atoms with van der Waals surface area (Å²) in [5.74, 6) is 1.98. The fraction of sp³-hybridized carbons (Fsp3) is 0.647. The minimum Gasteiger partial charge on any atom is -0.508 e. The lowest BCUT2D eigenvalue weighted by atomic mass is 9.99. The van der Waals surface area contributed by atoms with Gasteiger partial charge in [-0.3, -0.25) is 0 Å². The Morgan fingerprint density at radius 2 is 2.10 bits per heavy atom. The molecule has 4 nitrogen and oxygen atoms in total. The third-order valence-corrected chi connectivity index (χ3v) is 4.46. The van der Waals surface area contributed by atoms with Gasteiger partial charge in [0, 0.05) is 24.7 Å². The van der Waals surface area contributed by atoms with Crippen LogP contribution in [0.4, 0.5) is 0 Å². The lowest BCUT2D eigenvalue weighted by Crippen LogP contribution is -2.38. The summed E-state index contributed by atoms with van der Waals surface area (Å²) in [4.78, 5) is 2.52. The molecule has 0 aromatic heterocycles. The molecule has 118 valence electrons. The van der Waals surface area contributed by atoms with E-state index < -0.39 is 0 Å². The van der Waals surface area contributed by atoms with Crippen molar-refractivity contribution in [3.8, 4) is 11.5 Å². The molecule has 1 unspecified atom stereocenters. The second-order valence-corrected chi connectivity index (χ2v) is 6.12. The summed E-state index contributed by atoms with van der Waals surface area (Å²) < 4.78 is 5.22. The standard InChI is InChI=1S/C17H28N2O2/c1-13-6-9-19(10-7-13)11-8-18-14(2)16-12-15(21-3)4-5-17(16)20/h4-5,12-14,18,20H,6-11H2,1-3H3. The molecule has 0 amide bonds. The number of nitrogens with zero attached hydrogens (tertiary/aromatic N) is 1. The molecule has 2 N–H and O–H groups in total. The molecule has 21 heavy (non-hydrogen) atoms. The van der Waals surface area contributed by atoms with E-state index >= 15 is 0 Å². The zero-order valence-electron chi connectivity index (χ0n) is 13.4. The van der Waals surface area contributed by atoms with Gasteiger partial charge in [0.1, 0.15) is 11.5 Å². The van der Waals surface area contributed by atoms with Crippen LogP contribution in [0.3, 0.4) is 0 Å². The lowest BCUT2D eigenvalue weighted by Gasteiger charge is -2.30. The molecule has 0 radical (unpaired) electrons. The van der Waals surface area contributed by atoms with Crippen molar-refractivity contribution in [1.82, 2.24) is 10.2 Å². The summed E-state index contributed by atoms with van der Waals surface area (Å²) in [6, 6.07) is 5.48. The summed E-state index contributed by atoms with van der Waals surface area (Å²) in [5, 5.41) is 13.5. The normalized spacial score (nSPS) is 18.6. The monoisotopic (exact) mass is 292 g/mol. The Bertz CT molecular complexity index is 442. The van der Waals surface area contributed by atoms with Crippen molar-refractivity contribution >= 4 is 0 Å². The topological polar surface area (TPSA) is 44.7 Å². The van der Waals surface area contributed by atoms with Crippen LogP contribution in [0.5, 0.6) is 11.5 Å². The number of hydrogen-bond donors (Lipinski definition) is 2. The Morgan fingerprint density at radius 1 is 1.38 bits per heavy atom. The van der Waals surface area contributed by atoms with Crippen molar-refractivity contribution in [2.75, 3.05) is 33.3 Å². The summed E-state index contributed by atoms with van der Waals surface area (Å²) in [7, 11) is 1.64. The molecule has 1 fully saturated rings. The van der Waals surface area contributed by atoms with E-state index in [0.29, 0.717) is 5.75 Å². The van der Waals surface area contributed by atoms with Crippen LogP contribution in [-0.2, 0) is 0 Å². The third-order valence-electron chi connectivity index (χ3n) is 4.46. The first-order valence-electron chi connectivity index (χ1n) is 7.92. The second-order valence-electron chi connectivity index (χ2n) is 6.12. The Kier molecular flexibility index (Phi) is 5.88. The van der Waals surface area contributed by atoms with Crippen LogP contribution < -0.4 is 10.1 Å². The van der Waals surface area contributed by atoms with E-state index in [1.165, 1.54) is 25.9 Å². The van der Waals surface area contributed by atoms with E-state index in [-0.39, 0.29) is 6.04 Å². The predicted molar refractivity (Wildman–Crippen MR) is 85.9 cm³/mol. The van der Waals surface area contributed by atoms with E-state index in [9.17, 15) is 5.11 Å². The van der Waals surface area contributed by atoms with Gasteiger partial charge in [0.2, 0.25) is 0 Å². The van der Waals surface area contributed by atoms with Crippen LogP contribution in [-0.4, -0.2) is 43.3 Å². The van der Waals surface area contributed by atoms with E-state index in [1.807, 2.05) is 6.07 Å². The molecule has 1 aliphatic heterocycles. The van der Waals surface area contributed by atoms with Crippen molar-refractivity contribution in [2.24, 2.45) is 5.92 Å². The van der Waals surface area contributed by atoms with Crippen LogP contribution in [0.15, 0.2) is 18.2 Å². The molecule has 0 spiro atoms. The molecule has 1 aromatic rings. The van der Waals surface area contributed by atoms with Gasteiger partial charge in [-0.1, -0.05) is 6.92 Å². The fourth-order valence-corrected chi connectivity index (χ4v) is 2.84. The molecule has 1 atom stereocenters. The van der Waals surface area contributed by atoms with Crippen LogP contribution >= 0.6 is 0 Å². The quantitative estimate of drug-likeness (QED) is 0.846. The minimum absolute atomic E-state index is 0.115. The highest BCUT2D eigenvalue weighted by Crippen LogP contribution is 2.28. The van der Waals surface area contributed by atoms with Gasteiger partial charge in [-0.05, 0) is 57.0 Å². The second kappa shape index (κ2) is 7.66. The van der Waals surface area contributed by atoms with Crippen LogP contribution in [0.2, 0.25) is 0 Å². The number of rotatable bonds is 6. The molecule has 1 heterocycles. The maximum atomic E-state index is 9.97. The number of phenols is 1. The molecule has 1 aromatic carbocycles. The fourth-order valence-electron chi connectivity index (χ4n) is 2.84. The van der Waals surface area contributed by atoms with Gasteiger partial charge in [0.25, 0.3) is 0 Å². The maximum absolute atomic E-state index is 9.97. The zero-order valence-corrected chi connectivity index (χ0v) is 13.4. The maximum Gasteiger partial charge on any atom is 0.120 e. The lowest BCUT2D eigenvalue weighted by molar-refractivity contribution is 0.191. The van der Waals surface area contributed by atoms with Crippen molar-refractivity contribution in [2.45, 2.75) is 32.7 Å². The zero-order chi connectivity index (χ0) is 15.2. The smallest absolute Gasteiger partial charge is 0.120 e. The van der Waals surface area contributed by atoms with Gasteiger partial charge < -0.3 is 20.1 Å². The highest BCUT2D eigenvalue weighted by molar-refractivity contribution is 5.41. The van der Waals surface area contributed by atoms with Gasteiger partial charge in [-0.15, -0.1) is 0 Å². The third kappa shape index (κ3) is 4.61. The minimum atomic E-state index is 0.115. The predicted octanol–water partition coefficient (Wildman–Crippen LogP) is 2.78. The number of piperidine rings is 1. The Balaban J connectivity index is 1.80. The number of ether oxygens (including phenoxy) is 1. The number of hydrogen-bond acceptors (Lipinski definition) is 4. The number of nitrogens with one attached hydrogen (secondary N) is 1. The van der Waals surface area contributed by atoms with Gasteiger partial charge in [0.15, 0.2) is 0 Å². The number of methoxy groups -OCH3 is 1. The van der Waals surface area contributed by atoms with Crippen LogP contribution in [0, 0.1) is 5.92 Å². The molecule has 0 saturated carbocycles. The highest BCUT2D eigenvalue weighted by atomic mass is 16.5. The molecule has 0 aliphatic carbocycles. The molecule has 1 saturated heterocycles. The van der Waals surface area contributed by atoms with E-state index in [2.05, 4.69) is 24.1 Å². The van der Waals surface area contributed by atoms with Crippen molar-refractivity contribution < 1.29 is 9.84 Å². The summed E-state index contributed by atoms with van der Waals surface area (Å²) in [5.41, 5.74) is 0.890. The van der Waals surface area contributed by atoms with Crippen molar-refractivity contribution in [3.05, 3.63) is 23.8 Å².